The molecule has 0 fully saturated rings. The molecule has 5 heteroatoms. The van der Waals surface area contributed by atoms with Gasteiger partial charge >= 0.3 is 0 Å². The first kappa shape index (κ1) is 16.8. The van der Waals surface area contributed by atoms with Crippen molar-refractivity contribution in [1.82, 2.24) is 4.98 Å². The highest BCUT2D eigenvalue weighted by atomic mass is 19.2. The van der Waals surface area contributed by atoms with Gasteiger partial charge in [0.15, 0.2) is 23.3 Å². The summed E-state index contributed by atoms with van der Waals surface area (Å²) in [7, 11) is 0. The minimum absolute atomic E-state index is 0.111. The molecule has 1 heterocycles. The van der Waals surface area contributed by atoms with Crippen molar-refractivity contribution in [3.05, 3.63) is 77.0 Å². The highest BCUT2D eigenvalue weighted by Crippen LogP contribution is 2.35. The van der Waals surface area contributed by atoms with Crippen LogP contribution in [-0.2, 0) is 12.8 Å². The summed E-state index contributed by atoms with van der Waals surface area (Å²) in [6.07, 6.45) is 3.55. The number of halogens is 4. The van der Waals surface area contributed by atoms with Gasteiger partial charge in [0, 0.05) is 11.3 Å². The van der Waals surface area contributed by atoms with Crippen molar-refractivity contribution in [1.29, 1.82) is 0 Å². The number of fused-ring (bicyclic) bond motifs is 1. The van der Waals surface area contributed by atoms with E-state index in [1.54, 1.807) is 6.07 Å². The lowest BCUT2D eigenvalue weighted by Crippen LogP contribution is -2.09. The summed E-state index contributed by atoms with van der Waals surface area (Å²) in [5, 5.41) is 0. The zero-order valence-corrected chi connectivity index (χ0v) is 13.8. The summed E-state index contributed by atoms with van der Waals surface area (Å²) in [6.45, 7) is 0. The van der Waals surface area contributed by atoms with Gasteiger partial charge in [-0.1, -0.05) is 30.3 Å². The molecule has 1 aliphatic carbocycles. The number of aryl methyl sites for hydroxylation is 1. The van der Waals surface area contributed by atoms with E-state index in [0.29, 0.717) is 6.07 Å². The number of pyridine rings is 1. The lowest BCUT2D eigenvalue weighted by atomic mass is 9.88. The van der Waals surface area contributed by atoms with Crippen molar-refractivity contribution in [2.24, 2.45) is 0 Å². The first-order chi connectivity index (χ1) is 12.6. The summed E-state index contributed by atoms with van der Waals surface area (Å²) in [5.74, 6) is -6.49. The van der Waals surface area contributed by atoms with Gasteiger partial charge in [0.1, 0.15) is 0 Å². The average Bonchev–Trinajstić information content (AvgIpc) is 2.69. The van der Waals surface area contributed by atoms with Crippen molar-refractivity contribution in [3.8, 4) is 22.4 Å². The molecule has 132 valence electrons. The zero-order valence-electron chi connectivity index (χ0n) is 13.8. The maximum atomic E-state index is 14.3. The zero-order chi connectivity index (χ0) is 18.3. The molecule has 0 unspecified atom stereocenters. The Bertz CT molecular complexity index is 983. The largest absolute Gasteiger partial charge is 0.252 e. The molecule has 0 saturated carbocycles. The quantitative estimate of drug-likeness (QED) is 0.318. The second kappa shape index (κ2) is 6.56. The molecule has 1 aliphatic rings. The van der Waals surface area contributed by atoms with Crippen molar-refractivity contribution in [2.75, 3.05) is 0 Å². The maximum absolute atomic E-state index is 14.3. The number of aromatic nitrogens is 1. The molecule has 1 nitrogen and oxygen atoms in total. The van der Waals surface area contributed by atoms with Crippen molar-refractivity contribution in [3.63, 3.8) is 0 Å². The lowest BCUT2D eigenvalue weighted by molar-refractivity contribution is 0.410. The molecule has 0 amide bonds. The van der Waals surface area contributed by atoms with Crippen LogP contribution in [0.25, 0.3) is 22.4 Å². The fraction of sp³-hybridized carbons (Fsp3) is 0.190. The second-order valence-electron chi connectivity index (χ2n) is 6.40. The van der Waals surface area contributed by atoms with Crippen molar-refractivity contribution in [2.45, 2.75) is 25.7 Å². The van der Waals surface area contributed by atoms with Gasteiger partial charge in [-0.05, 0) is 54.5 Å². The molecule has 0 bridgehead atoms. The van der Waals surface area contributed by atoms with E-state index in [4.69, 9.17) is 0 Å². The van der Waals surface area contributed by atoms with E-state index in [0.717, 1.165) is 48.1 Å². The fourth-order valence-corrected chi connectivity index (χ4v) is 3.48. The van der Waals surface area contributed by atoms with E-state index in [9.17, 15) is 17.6 Å². The van der Waals surface area contributed by atoms with E-state index >= 15 is 0 Å². The van der Waals surface area contributed by atoms with Crippen LogP contribution in [0.2, 0.25) is 0 Å². The summed E-state index contributed by atoms with van der Waals surface area (Å²) in [4.78, 5) is 4.45. The monoisotopic (exact) mass is 357 g/mol. The van der Waals surface area contributed by atoms with Crippen LogP contribution in [0, 0.1) is 23.3 Å². The normalized spacial score (nSPS) is 13.5. The Kier molecular flexibility index (Phi) is 4.23. The fourth-order valence-electron chi connectivity index (χ4n) is 3.48. The number of rotatable bonds is 2. The van der Waals surface area contributed by atoms with Gasteiger partial charge < -0.3 is 0 Å². The van der Waals surface area contributed by atoms with Crippen LogP contribution in [0.4, 0.5) is 17.6 Å². The predicted molar refractivity (Wildman–Crippen MR) is 91.6 cm³/mol. The second-order valence-corrected chi connectivity index (χ2v) is 6.40. The van der Waals surface area contributed by atoms with Crippen LogP contribution in [-0.4, -0.2) is 4.98 Å². The van der Waals surface area contributed by atoms with E-state index < -0.39 is 23.3 Å². The molecule has 0 radical (unpaired) electrons. The maximum Gasteiger partial charge on any atom is 0.198 e. The lowest BCUT2D eigenvalue weighted by Gasteiger charge is -2.20. The van der Waals surface area contributed by atoms with Crippen LogP contribution >= 0.6 is 0 Å². The summed E-state index contributed by atoms with van der Waals surface area (Å²) < 4.78 is 54.9. The molecular weight excluding hydrogens is 342 g/mol. The molecule has 4 rings (SSSR count). The topological polar surface area (TPSA) is 12.9 Å². The summed E-state index contributed by atoms with van der Waals surface area (Å²) in [5.41, 5.74) is 3.42. The Morgan fingerprint density at radius 1 is 0.731 bits per heavy atom. The molecular formula is C21H15F4N. The molecule has 26 heavy (non-hydrogen) atoms. The number of hydrogen-bond acceptors (Lipinski definition) is 1. The van der Waals surface area contributed by atoms with Crippen LogP contribution in [0.3, 0.4) is 0 Å². The van der Waals surface area contributed by atoms with E-state index in [1.807, 2.05) is 30.3 Å². The van der Waals surface area contributed by atoms with Gasteiger partial charge in [0.2, 0.25) is 0 Å². The van der Waals surface area contributed by atoms with Crippen molar-refractivity contribution < 1.29 is 17.6 Å². The van der Waals surface area contributed by atoms with Gasteiger partial charge in [0.25, 0.3) is 0 Å². The molecule has 0 N–H and O–H groups in total. The van der Waals surface area contributed by atoms with E-state index in [2.05, 4.69) is 4.98 Å². The van der Waals surface area contributed by atoms with Gasteiger partial charge in [-0.15, -0.1) is 0 Å². The Labute approximate surface area is 148 Å². The number of nitrogens with zero attached hydrogens (tertiary/aromatic N) is 1. The third-order valence-corrected chi connectivity index (χ3v) is 4.76. The Hall–Kier alpha value is -2.69. The van der Waals surface area contributed by atoms with Crippen LogP contribution in [0.1, 0.15) is 24.1 Å². The number of benzene rings is 2. The first-order valence-electron chi connectivity index (χ1n) is 8.48. The van der Waals surface area contributed by atoms with Crippen molar-refractivity contribution >= 4 is 0 Å². The van der Waals surface area contributed by atoms with Crippen LogP contribution in [0.5, 0.6) is 0 Å². The highest BCUT2D eigenvalue weighted by molar-refractivity contribution is 5.74. The summed E-state index contributed by atoms with van der Waals surface area (Å²) >= 11 is 0. The van der Waals surface area contributed by atoms with Gasteiger partial charge in [-0.25, -0.2) is 17.6 Å². The average molecular weight is 357 g/mol. The standard InChI is InChI=1S/C21H15F4N/c22-16-10-15(19(23)21(25)20(16)24)18-11-14(12-6-2-1-3-7-12)13-8-4-5-9-17(13)26-18/h1-3,6-7,10-11H,4-5,8-9H2. The molecule has 2 aromatic carbocycles. The Morgan fingerprint density at radius 3 is 2.23 bits per heavy atom. The van der Waals surface area contributed by atoms with E-state index in [1.165, 1.54) is 0 Å². The summed E-state index contributed by atoms with van der Waals surface area (Å²) in [6, 6.07) is 11.8. The molecule has 0 saturated heterocycles. The highest BCUT2D eigenvalue weighted by Gasteiger charge is 2.23. The van der Waals surface area contributed by atoms with E-state index in [-0.39, 0.29) is 11.3 Å². The molecule has 0 spiro atoms. The third-order valence-electron chi connectivity index (χ3n) is 4.76. The predicted octanol–water partition coefficient (Wildman–Crippen LogP) is 5.85. The molecule has 0 atom stereocenters. The van der Waals surface area contributed by atoms with Crippen LogP contribution < -0.4 is 0 Å². The molecule has 3 aromatic rings. The smallest absolute Gasteiger partial charge is 0.198 e. The van der Waals surface area contributed by atoms with Gasteiger partial charge in [-0.3, -0.25) is 4.98 Å². The third kappa shape index (κ3) is 2.77. The minimum Gasteiger partial charge on any atom is -0.252 e. The van der Waals surface area contributed by atoms with Crippen LogP contribution in [0.15, 0.2) is 42.5 Å². The minimum atomic E-state index is -1.82. The Morgan fingerprint density at radius 2 is 1.46 bits per heavy atom. The first-order valence-corrected chi connectivity index (χ1v) is 8.48. The van der Waals surface area contributed by atoms with Gasteiger partial charge in [0.05, 0.1) is 5.69 Å². The van der Waals surface area contributed by atoms with Gasteiger partial charge in [-0.2, -0.15) is 0 Å². The number of hydrogen-bond donors (Lipinski definition) is 0. The Balaban J connectivity index is 1.97. The molecule has 1 aromatic heterocycles. The molecule has 0 aliphatic heterocycles. The SMILES string of the molecule is Fc1cc(-c2cc(-c3ccccc3)c3c(n2)CCCC3)c(F)c(F)c1F.